The maximum Gasteiger partial charge on any atom is 0.222 e. The zero-order valence-corrected chi connectivity index (χ0v) is 15.7. The van der Waals surface area contributed by atoms with Crippen LogP contribution in [0.1, 0.15) is 42.7 Å². The molecule has 0 spiro atoms. The summed E-state index contributed by atoms with van der Waals surface area (Å²) in [4.78, 5) is 11.3. The second-order valence-corrected chi connectivity index (χ2v) is 7.58. The summed E-state index contributed by atoms with van der Waals surface area (Å²) < 4.78 is 5.61. The van der Waals surface area contributed by atoms with Crippen LogP contribution in [0.4, 0.5) is 5.95 Å². The topological polar surface area (TPSA) is 70.5 Å². The van der Waals surface area contributed by atoms with Crippen LogP contribution in [0.3, 0.4) is 0 Å². The lowest BCUT2D eigenvalue weighted by molar-refractivity contribution is 0.120. The summed E-state index contributed by atoms with van der Waals surface area (Å²) in [6, 6.07) is 7.69. The number of aromatic hydroxyl groups is 1. The Bertz CT molecular complexity index is 723. The Morgan fingerprint density at radius 2 is 1.96 bits per heavy atom. The van der Waals surface area contributed by atoms with Crippen LogP contribution in [-0.2, 0) is 11.3 Å². The highest BCUT2D eigenvalue weighted by Gasteiger charge is 2.21. The maximum absolute atomic E-state index is 9.68. The number of phenolic OH excluding ortho intramolecular Hbond substituents is 1. The number of benzene rings is 1. The molecule has 0 bridgehead atoms. The third-order valence-electron chi connectivity index (χ3n) is 5.55. The molecule has 2 fully saturated rings. The van der Waals surface area contributed by atoms with E-state index in [1.165, 1.54) is 5.56 Å². The van der Waals surface area contributed by atoms with Crippen molar-refractivity contribution < 1.29 is 9.84 Å². The molecule has 3 heterocycles. The van der Waals surface area contributed by atoms with Crippen molar-refractivity contribution in [1.29, 1.82) is 0 Å². The molecule has 0 saturated carbocycles. The highest BCUT2D eigenvalue weighted by molar-refractivity contribution is 5.30. The van der Waals surface area contributed by atoms with E-state index < -0.39 is 0 Å². The number of phenols is 1. The lowest BCUT2D eigenvalue weighted by Gasteiger charge is -2.32. The molecule has 2 aliphatic heterocycles. The number of rotatable bonds is 6. The van der Waals surface area contributed by atoms with Gasteiger partial charge in [0.15, 0.2) is 0 Å². The molecule has 2 saturated heterocycles. The van der Waals surface area contributed by atoms with Gasteiger partial charge in [0, 0.05) is 37.7 Å². The molecular weight excluding hydrogens is 340 g/mol. The quantitative estimate of drug-likeness (QED) is 0.816. The molecule has 1 aromatic heterocycles. The molecule has 0 amide bonds. The van der Waals surface area contributed by atoms with Crippen molar-refractivity contribution >= 4 is 5.95 Å². The molecule has 2 aliphatic rings. The SMILES string of the molecule is Oc1cccc(C2CCN(Cc3cnc(NCC4CCCO4)nc3)CC2)c1. The summed E-state index contributed by atoms with van der Waals surface area (Å²) in [6.45, 7) is 4.65. The predicted molar refractivity (Wildman–Crippen MR) is 105 cm³/mol. The largest absolute Gasteiger partial charge is 0.508 e. The third kappa shape index (κ3) is 4.96. The number of hydrogen-bond acceptors (Lipinski definition) is 6. The monoisotopic (exact) mass is 368 g/mol. The zero-order chi connectivity index (χ0) is 18.5. The zero-order valence-electron chi connectivity index (χ0n) is 15.7. The lowest BCUT2D eigenvalue weighted by atomic mass is 9.89. The number of ether oxygens (including phenoxy) is 1. The van der Waals surface area contributed by atoms with Gasteiger partial charge in [0.05, 0.1) is 6.10 Å². The summed E-state index contributed by atoms with van der Waals surface area (Å²) in [5.74, 6) is 1.58. The van der Waals surface area contributed by atoms with Crippen LogP contribution in [0.5, 0.6) is 5.75 Å². The van der Waals surface area contributed by atoms with Crippen molar-refractivity contribution in [3.8, 4) is 5.75 Å². The molecule has 2 N–H and O–H groups in total. The van der Waals surface area contributed by atoms with Crippen LogP contribution in [0.2, 0.25) is 0 Å². The van der Waals surface area contributed by atoms with Gasteiger partial charge in [-0.3, -0.25) is 4.90 Å². The summed E-state index contributed by atoms with van der Waals surface area (Å²) in [7, 11) is 0. The standard InChI is InChI=1S/C21H28N4O2/c26-19-4-1-3-18(11-19)17-6-8-25(9-7-17)15-16-12-22-21(23-13-16)24-14-20-5-2-10-27-20/h1,3-4,11-13,17,20,26H,2,5-10,14-15H2,(H,22,23,24). The highest BCUT2D eigenvalue weighted by atomic mass is 16.5. The van der Waals surface area contributed by atoms with E-state index in [9.17, 15) is 5.11 Å². The first-order valence-electron chi connectivity index (χ1n) is 9.94. The third-order valence-corrected chi connectivity index (χ3v) is 5.55. The van der Waals surface area contributed by atoms with E-state index in [1.54, 1.807) is 6.07 Å². The molecule has 1 aromatic carbocycles. The van der Waals surface area contributed by atoms with E-state index in [0.29, 0.717) is 23.7 Å². The molecule has 144 valence electrons. The number of hydrogen-bond donors (Lipinski definition) is 2. The number of likely N-dealkylation sites (tertiary alicyclic amines) is 1. The van der Waals surface area contributed by atoms with Crippen LogP contribution in [-0.4, -0.2) is 52.3 Å². The van der Waals surface area contributed by atoms with E-state index in [2.05, 4.69) is 26.3 Å². The van der Waals surface area contributed by atoms with Gasteiger partial charge >= 0.3 is 0 Å². The van der Waals surface area contributed by atoms with Crippen molar-refractivity contribution in [2.75, 3.05) is 31.6 Å². The van der Waals surface area contributed by atoms with Gasteiger partial charge in [-0.1, -0.05) is 12.1 Å². The average Bonchev–Trinajstić information content (AvgIpc) is 3.22. The Morgan fingerprint density at radius 3 is 2.67 bits per heavy atom. The van der Waals surface area contributed by atoms with Gasteiger partial charge in [0.25, 0.3) is 0 Å². The van der Waals surface area contributed by atoms with Crippen LogP contribution in [0.15, 0.2) is 36.7 Å². The summed E-state index contributed by atoms with van der Waals surface area (Å²) in [6.07, 6.45) is 8.63. The van der Waals surface area contributed by atoms with Crippen LogP contribution < -0.4 is 5.32 Å². The first-order valence-corrected chi connectivity index (χ1v) is 9.94. The summed E-state index contributed by atoms with van der Waals surface area (Å²) in [5, 5.41) is 12.9. The van der Waals surface area contributed by atoms with Gasteiger partial charge in [0.2, 0.25) is 5.95 Å². The summed E-state index contributed by atoms with van der Waals surface area (Å²) in [5.41, 5.74) is 2.40. The van der Waals surface area contributed by atoms with Crippen LogP contribution >= 0.6 is 0 Å². The molecule has 4 rings (SSSR count). The highest BCUT2D eigenvalue weighted by Crippen LogP contribution is 2.30. The molecule has 2 aromatic rings. The number of piperidine rings is 1. The van der Waals surface area contributed by atoms with E-state index >= 15 is 0 Å². The van der Waals surface area contributed by atoms with Crippen LogP contribution in [0, 0.1) is 0 Å². The Balaban J connectivity index is 1.24. The van der Waals surface area contributed by atoms with Gasteiger partial charge in [0.1, 0.15) is 5.75 Å². The fourth-order valence-electron chi connectivity index (χ4n) is 4.00. The Kier molecular flexibility index (Phi) is 5.84. The van der Waals surface area contributed by atoms with Crippen molar-refractivity contribution in [3.63, 3.8) is 0 Å². The fraction of sp³-hybridized carbons (Fsp3) is 0.524. The minimum atomic E-state index is 0.293. The van der Waals surface area contributed by atoms with E-state index in [0.717, 1.165) is 64.0 Å². The minimum absolute atomic E-state index is 0.293. The van der Waals surface area contributed by atoms with Crippen molar-refractivity contribution in [3.05, 3.63) is 47.8 Å². The smallest absolute Gasteiger partial charge is 0.222 e. The first kappa shape index (κ1) is 18.2. The molecule has 1 unspecified atom stereocenters. The Hall–Kier alpha value is -2.18. The average molecular weight is 368 g/mol. The van der Waals surface area contributed by atoms with Gasteiger partial charge in [-0.15, -0.1) is 0 Å². The number of nitrogens with one attached hydrogen (secondary N) is 1. The molecular formula is C21H28N4O2. The van der Waals surface area contributed by atoms with Gasteiger partial charge in [-0.05, 0) is 62.4 Å². The second-order valence-electron chi connectivity index (χ2n) is 7.58. The molecule has 6 heteroatoms. The molecule has 0 radical (unpaired) electrons. The normalized spacial score (nSPS) is 21.4. The molecule has 6 nitrogen and oxygen atoms in total. The Morgan fingerprint density at radius 1 is 1.15 bits per heavy atom. The number of nitrogens with zero attached hydrogens (tertiary/aromatic N) is 3. The molecule has 0 aliphatic carbocycles. The van der Waals surface area contributed by atoms with E-state index in [-0.39, 0.29) is 0 Å². The fourth-order valence-corrected chi connectivity index (χ4v) is 4.00. The van der Waals surface area contributed by atoms with Crippen molar-refractivity contribution in [2.45, 2.75) is 44.2 Å². The molecule has 27 heavy (non-hydrogen) atoms. The predicted octanol–water partition coefficient (Wildman–Crippen LogP) is 3.15. The first-order chi connectivity index (χ1) is 13.3. The van der Waals surface area contributed by atoms with Gasteiger partial charge in [-0.2, -0.15) is 0 Å². The number of anilines is 1. The van der Waals surface area contributed by atoms with Gasteiger partial charge in [-0.25, -0.2) is 9.97 Å². The van der Waals surface area contributed by atoms with Gasteiger partial charge < -0.3 is 15.2 Å². The van der Waals surface area contributed by atoms with E-state index in [4.69, 9.17) is 4.74 Å². The minimum Gasteiger partial charge on any atom is -0.508 e. The maximum atomic E-state index is 9.68. The lowest BCUT2D eigenvalue weighted by Crippen LogP contribution is -2.32. The number of aromatic nitrogens is 2. The summed E-state index contributed by atoms with van der Waals surface area (Å²) >= 11 is 0. The molecule has 1 atom stereocenters. The van der Waals surface area contributed by atoms with Crippen molar-refractivity contribution in [2.24, 2.45) is 0 Å². The Labute approximate surface area is 160 Å². The second kappa shape index (κ2) is 8.67. The van der Waals surface area contributed by atoms with Crippen molar-refractivity contribution in [1.82, 2.24) is 14.9 Å². The van der Waals surface area contributed by atoms with E-state index in [1.807, 2.05) is 24.5 Å². The van der Waals surface area contributed by atoms with Crippen LogP contribution in [0.25, 0.3) is 0 Å².